The third kappa shape index (κ3) is 5.15. The van der Waals surface area contributed by atoms with Gasteiger partial charge in [0, 0.05) is 25.0 Å². The molecule has 2 aliphatic heterocycles. The topological polar surface area (TPSA) is 64.3 Å². The summed E-state index contributed by atoms with van der Waals surface area (Å²) in [6, 6.07) is 11.6. The smallest absolute Gasteiger partial charge is 0.356 e. The van der Waals surface area contributed by atoms with E-state index in [4.69, 9.17) is 0 Å². The van der Waals surface area contributed by atoms with Gasteiger partial charge in [0.05, 0.1) is 11.3 Å². The number of nitrogens with one attached hydrogen (secondary N) is 2. The molecule has 0 bridgehead atoms. The van der Waals surface area contributed by atoms with E-state index in [1.54, 1.807) is 23.2 Å². The second kappa shape index (κ2) is 9.53. The van der Waals surface area contributed by atoms with E-state index in [0.717, 1.165) is 31.6 Å². The second-order valence-corrected chi connectivity index (χ2v) is 9.75. The van der Waals surface area contributed by atoms with Crippen molar-refractivity contribution in [3.8, 4) is 0 Å². The fourth-order valence-electron chi connectivity index (χ4n) is 5.22. The van der Waals surface area contributed by atoms with Crippen molar-refractivity contribution in [3.63, 3.8) is 0 Å². The summed E-state index contributed by atoms with van der Waals surface area (Å²) < 4.78 is 40.1. The van der Waals surface area contributed by atoms with Gasteiger partial charge in [-0.15, -0.1) is 0 Å². The Morgan fingerprint density at radius 3 is 2.51 bits per heavy atom. The maximum atomic E-state index is 13.4. The molecular formula is C26H30F3N5O. The molecule has 1 aromatic carbocycles. The maximum Gasteiger partial charge on any atom is 0.393 e. The first kappa shape index (κ1) is 23.7. The summed E-state index contributed by atoms with van der Waals surface area (Å²) in [5, 5.41) is 4.28. The quantitative estimate of drug-likeness (QED) is 0.528. The average molecular weight is 486 g/mol. The minimum absolute atomic E-state index is 0.127. The van der Waals surface area contributed by atoms with E-state index in [9.17, 15) is 18.0 Å². The molecule has 0 saturated carbocycles. The van der Waals surface area contributed by atoms with Gasteiger partial charge in [-0.25, -0.2) is 4.98 Å². The number of nitrogens with zero attached hydrogens (tertiary/aromatic N) is 3. The molecule has 2 saturated heterocycles. The highest BCUT2D eigenvalue weighted by atomic mass is 19.4. The van der Waals surface area contributed by atoms with Crippen molar-refractivity contribution >= 4 is 28.1 Å². The zero-order chi connectivity index (χ0) is 24.6. The van der Waals surface area contributed by atoms with Crippen LogP contribution in [0.3, 0.4) is 0 Å². The van der Waals surface area contributed by atoms with Crippen molar-refractivity contribution in [1.29, 1.82) is 0 Å². The first-order valence-electron chi connectivity index (χ1n) is 12.2. The van der Waals surface area contributed by atoms with E-state index < -0.39 is 12.1 Å². The van der Waals surface area contributed by atoms with Gasteiger partial charge in [-0.1, -0.05) is 12.1 Å². The normalized spacial score (nSPS) is 20.3. The lowest BCUT2D eigenvalue weighted by Crippen LogP contribution is -2.42. The number of hydrogen-bond acceptors (Lipinski definition) is 5. The minimum Gasteiger partial charge on any atom is -0.356 e. The number of benzene rings is 1. The molecule has 0 amide bonds. The van der Waals surface area contributed by atoms with E-state index in [2.05, 4.69) is 39.4 Å². The predicted molar refractivity (Wildman–Crippen MR) is 133 cm³/mol. The van der Waals surface area contributed by atoms with Crippen LogP contribution in [0.5, 0.6) is 0 Å². The van der Waals surface area contributed by atoms with E-state index in [1.165, 1.54) is 5.56 Å². The molecule has 0 aliphatic carbocycles. The van der Waals surface area contributed by atoms with Crippen LogP contribution in [-0.2, 0) is 0 Å². The molecule has 0 radical (unpaired) electrons. The van der Waals surface area contributed by atoms with E-state index in [1.807, 2.05) is 12.1 Å². The molecule has 0 spiro atoms. The van der Waals surface area contributed by atoms with Gasteiger partial charge in [-0.3, -0.25) is 4.79 Å². The van der Waals surface area contributed by atoms with Crippen LogP contribution in [0.4, 0.5) is 30.5 Å². The Morgan fingerprint density at radius 1 is 1.06 bits per heavy atom. The molecule has 6 nitrogen and oxygen atoms in total. The number of fused-ring (bicyclic) bond motifs is 1. The summed E-state index contributed by atoms with van der Waals surface area (Å²) in [6.07, 6.45) is 0.137. The molecule has 5 rings (SSSR count). The zero-order valence-corrected chi connectivity index (χ0v) is 19.7. The number of pyridine rings is 2. The summed E-state index contributed by atoms with van der Waals surface area (Å²) in [6.45, 7) is 2.54. The number of likely N-dealkylation sites (tertiary alicyclic amines) is 1. The molecular weight excluding hydrogens is 455 g/mol. The lowest BCUT2D eigenvalue weighted by molar-refractivity contribution is -0.176. The molecule has 2 fully saturated rings. The van der Waals surface area contributed by atoms with Gasteiger partial charge < -0.3 is 20.1 Å². The summed E-state index contributed by atoms with van der Waals surface area (Å²) in [5.41, 5.74) is 1.78. The van der Waals surface area contributed by atoms with Gasteiger partial charge in [0.1, 0.15) is 11.6 Å². The lowest BCUT2D eigenvalue weighted by atomic mass is 9.89. The fourth-order valence-corrected chi connectivity index (χ4v) is 5.22. The Bertz CT molecular complexity index is 1230. The molecule has 2 N–H and O–H groups in total. The van der Waals surface area contributed by atoms with E-state index >= 15 is 0 Å². The number of rotatable bonds is 4. The van der Waals surface area contributed by atoms with Crippen molar-refractivity contribution < 1.29 is 13.2 Å². The number of alkyl halides is 3. The highest BCUT2D eigenvalue weighted by molar-refractivity contribution is 5.94. The van der Waals surface area contributed by atoms with Gasteiger partial charge >= 0.3 is 6.18 Å². The molecule has 2 aromatic heterocycles. The Labute approximate surface area is 202 Å². The number of aromatic nitrogens is 2. The Morgan fingerprint density at radius 2 is 1.80 bits per heavy atom. The molecule has 9 heteroatoms. The van der Waals surface area contributed by atoms with Crippen LogP contribution < -0.4 is 15.8 Å². The van der Waals surface area contributed by atoms with Gasteiger partial charge in [0.15, 0.2) is 0 Å². The summed E-state index contributed by atoms with van der Waals surface area (Å²) >= 11 is 0. The highest BCUT2D eigenvalue weighted by Crippen LogP contribution is 2.36. The highest BCUT2D eigenvalue weighted by Gasteiger charge is 2.42. The Kier molecular flexibility index (Phi) is 6.44. The Balaban J connectivity index is 1.44. The predicted octanol–water partition coefficient (Wildman–Crippen LogP) is 5.25. The number of H-pyrrole nitrogens is 1. The first-order chi connectivity index (χ1) is 16.8. The SMILES string of the molecule is CN1CCC(c2ccc(Nc3nc(N4CCCC(C(F)(F)F)C4)cc4cc[nH]c(=O)c34)cc2)CC1. The van der Waals surface area contributed by atoms with Crippen LogP contribution in [0.1, 0.15) is 37.2 Å². The summed E-state index contributed by atoms with van der Waals surface area (Å²) in [7, 11) is 2.14. The monoisotopic (exact) mass is 485 g/mol. The number of hydrogen-bond donors (Lipinski definition) is 2. The van der Waals surface area contributed by atoms with Gasteiger partial charge in [-0.05, 0) is 87.0 Å². The van der Waals surface area contributed by atoms with Crippen LogP contribution in [0.2, 0.25) is 0 Å². The van der Waals surface area contributed by atoms with Gasteiger partial charge in [0.2, 0.25) is 0 Å². The number of halogens is 3. The van der Waals surface area contributed by atoms with Crippen LogP contribution in [0.15, 0.2) is 47.4 Å². The molecule has 35 heavy (non-hydrogen) atoms. The number of piperidine rings is 2. The molecule has 3 aromatic rings. The Hall–Kier alpha value is -3.07. The van der Waals surface area contributed by atoms with Crippen molar-refractivity contribution in [1.82, 2.24) is 14.9 Å². The molecule has 186 valence electrons. The summed E-state index contributed by atoms with van der Waals surface area (Å²) in [5.74, 6) is -0.0504. The standard InChI is InChI=1S/C26H30F3N5O/c1-33-13-9-18(10-14-33)17-4-6-21(7-5-17)31-24-23-19(8-11-30-25(23)35)15-22(32-24)34-12-2-3-20(16-34)26(27,28)29/h4-8,11,15,18,20H,2-3,9-10,12-14,16H2,1H3,(H,30,35)(H,31,32). The van der Waals surface area contributed by atoms with E-state index in [0.29, 0.717) is 41.3 Å². The van der Waals surface area contributed by atoms with Crippen LogP contribution in [0.25, 0.3) is 10.8 Å². The average Bonchev–Trinajstić information content (AvgIpc) is 2.84. The van der Waals surface area contributed by atoms with Gasteiger partial charge in [-0.2, -0.15) is 13.2 Å². The van der Waals surface area contributed by atoms with Crippen molar-refractivity contribution in [2.75, 3.05) is 43.4 Å². The minimum atomic E-state index is -4.23. The molecule has 2 aliphatic rings. The van der Waals surface area contributed by atoms with E-state index in [-0.39, 0.29) is 18.5 Å². The second-order valence-electron chi connectivity index (χ2n) is 9.75. The molecule has 4 heterocycles. The largest absolute Gasteiger partial charge is 0.393 e. The number of aromatic amines is 1. The summed E-state index contributed by atoms with van der Waals surface area (Å²) in [4.78, 5) is 24.0. The third-order valence-corrected chi connectivity index (χ3v) is 7.31. The fraction of sp³-hybridized carbons (Fsp3) is 0.462. The third-order valence-electron chi connectivity index (χ3n) is 7.31. The van der Waals surface area contributed by atoms with Crippen molar-refractivity contribution in [2.24, 2.45) is 5.92 Å². The van der Waals surface area contributed by atoms with Gasteiger partial charge in [0.25, 0.3) is 5.56 Å². The first-order valence-corrected chi connectivity index (χ1v) is 12.2. The molecule has 1 atom stereocenters. The zero-order valence-electron chi connectivity index (χ0n) is 19.7. The van der Waals surface area contributed by atoms with Crippen LogP contribution in [-0.4, -0.2) is 54.3 Å². The lowest BCUT2D eigenvalue weighted by Gasteiger charge is -2.34. The van der Waals surface area contributed by atoms with Crippen LogP contribution in [0, 0.1) is 5.92 Å². The van der Waals surface area contributed by atoms with Crippen molar-refractivity contribution in [3.05, 3.63) is 58.5 Å². The van der Waals surface area contributed by atoms with Crippen molar-refractivity contribution in [2.45, 2.75) is 37.8 Å². The molecule has 1 unspecified atom stereocenters. The number of anilines is 3. The maximum absolute atomic E-state index is 13.4. The van der Waals surface area contributed by atoms with Crippen LogP contribution >= 0.6 is 0 Å².